The molecule has 1 atom stereocenters. The molecule has 1 rings (SSSR count). The number of morpholine rings is 1. The van der Waals surface area contributed by atoms with Crippen molar-refractivity contribution < 1.29 is 9.94 Å². The molecule has 0 saturated carbocycles. The van der Waals surface area contributed by atoms with Crippen LogP contribution >= 0.6 is 0 Å². The van der Waals surface area contributed by atoms with E-state index in [4.69, 9.17) is 9.94 Å². The summed E-state index contributed by atoms with van der Waals surface area (Å²) in [5, 5.41) is 10.3. The molecule has 1 fully saturated rings. The maximum absolute atomic E-state index is 9.03. The predicted molar refractivity (Wildman–Crippen MR) is 37.9 cm³/mol. The molecule has 0 spiro atoms. The fourth-order valence-electron chi connectivity index (χ4n) is 1.03. The van der Waals surface area contributed by atoms with Gasteiger partial charge >= 0.3 is 0 Å². The average molecular weight is 143 g/mol. The first-order valence-electron chi connectivity index (χ1n) is 3.49. The van der Waals surface area contributed by atoms with Crippen LogP contribution in [-0.2, 0) is 4.74 Å². The molecule has 0 aliphatic carbocycles. The van der Waals surface area contributed by atoms with E-state index in [9.17, 15) is 0 Å². The molecule has 0 aromatic rings. The maximum Gasteiger partial charge on any atom is 0.0760 e. The van der Waals surface area contributed by atoms with E-state index >= 15 is 0 Å². The lowest BCUT2D eigenvalue weighted by molar-refractivity contribution is -0.167. The van der Waals surface area contributed by atoms with Gasteiger partial charge in [-0.25, -0.2) is 0 Å². The first kappa shape index (κ1) is 7.72. The van der Waals surface area contributed by atoms with Gasteiger partial charge < -0.3 is 9.94 Å². The van der Waals surface area contributed by atoms with Gasteiger partial charge in [-0.15, -0.1) is 6.58 Å². The van der Waals surface area contributed by atoms with Crippen molar-refractivity contribution in [2.75, 3.05) is 19.7 Å². The third-order valence-electron chi connectivity index (χ3n) is 1.55. The molecule has 0 amide bonds. The van der Waals surface area contributed by atoms with E-state index in [0.717, 1.165) is 6.42 Å². The van der Waals surface area contributed by atoms with E-state index in [-0.39, 0.29) is 6.10 Å². The monoisotopic (exact) mass is 143 g/mol. The number of rotatable bonds is 2. The van der Waals surface area contributed by atoms with Crippen molar-refractivity contribution in [1.29, 1.82) is 0 Å². The van der Waals surface area contributed by atoms with E-state index < -0.39 is 0 Å². The Hall–Kier alpha value is -0.380. The van der Waals surface area contributed by atoms with Crippen molar-refractivity contribution >= 4 is 0 Å². The zero-order valence-electron chi connectivity index (χ0n) is 5.99. The molecule has 1 saturated heterocycles. The highest BCUT2D eigenvalue weighted by Gasteiger charge is 2.16. The van der Waals surface area contributed by atoms with Crippen LogP contribution < -0.4 is 0 Å². The summed E-state index contributed by atoms with van der Waals surface area (Å²) in [5.41, 5.74) is 0. The molecule has 58 valence electrons. The number of hydroxylamine groups is 2. The zero-order chi connectivity index (χ0) is 7.40. The summed E-state index contributed by atoms with van der Waals surface area (Å²) in [6, 6.07) is 0. The van der Waals surface area contributed by atoms with Crippen molar-refractivity contribution in [3.8, 4) is 0 Å². The van der Waals surface area contributed by atoms with Crippen LogP contribution in [0.1, 0.15) is 6.42 Å². The Balaban J connectivity index is 2.24. The highest BCUT2D eigenvalue weighted by molar-refractivity contribution is 4.76. The van der Waals surface area contributed by atoms with Gasteiger partial charge in [-0.1, -0.05) is 6.08 Å². The summed E-state index contributed by atoms with van der Waals surface area (Å²) < 4.78 is 5.32. The second kappa shape index (κ2) is 3.71. The lowest BCUT2D eigenvalue weighted by atomic mass is 10.2. The van der Waals surface area contributed by atoms with Crippen LogP contribution in [0.4, 0.5) is 0 Å². The molecule has 1 unspecified atom stereocenters. The van der Waals surface area contributed by atoms with Crippen LogP contribution in [0.2, 0.25) is 0 Å². The molecule has 3 nitrogen and oxygen atoms in total. The number of nitrogens with zero attached hydrogens (tertiary/aromatic N) is 1. The second-order valence-electron chi connectivity index (χ2n) is 2.43. The van der Waals surface area contributed by atoms with Gasteiger partial charge in [-0.05, 0) is 6.42 Å². The Morgan fingerprint density at radius 2 is 2.60 bits per heavy atom. The Labute approximate surface area is 60.9 Å². The Morgan fingerprint density at radius 1 is 1.80 bits per heavy atom. The molecule has 0 aromatic heterocycles. The fraction of sp³-hybridized carbons (Fsp3) is 0.714. The summed E-state index contributed by atoms with van der Waals surface area (Å²) in [6.45, 7) is 5.44. The minimum absolute atomic E-state index is 0.135. The van der Waals surface area contributed by atoms with Crippen LogP contribution in [0.25, 0.3) is 0 Å². The minimum Gasteiger partial charge on any atom is -0.375 e. The minimum atomic E-state index is 0.135. The molecule has 0 bridgehead atoms. The molecule has 0 aromatic carbocycles. The lowest BCUT2D eigenvalue weighted by Crippen LogP contribution is -2.39. The van der Waals surface area contributed by atoms with Crippen LogP contribution in [0.15, 0.2) is 12.7 Å². The Morgan fingerprint density at radius 3 is 3.20 bits per heavy atom. The predicted octanol–water partition coefficient (Wildman–Crippen LogP) is 0.652. The van der Waals surface area contributed by atoms with Gasteiger partial charge in [0.2, 0.25) is 0 Å². The quantitative estimate of drug-likeness (QED) is 0.576. The number of hydrogen-bond acceptors (Lipinski definition) is 3. The Bertz CT molecular complexity index is 116. The topological polar surface area (TPSA) is 32.7 Å². The summed E-state index contributed by atoms with van der Waals surface area (Å²) >= 11 is 0. The standard InChI is InChI=1S/C7H13NO2/c1-2-3-7-6-8(9)4-5-10-7/h2,7,9H,1,3-6H2. The van der Waals surface area contributed by atoms with Gasteiger partial charge in [-0.2, -0.15) is 5.06 Å². The third-order valence-corrected chi connectivity index (χ3v) is 1.55. The van der Waals surface area contributed by atoms with Crippen molar-refractivity contribution in [3.63, 3.8) is 0 Å². The summed E-state index contributed by atoms with van der Waals surface area (Å²) in [6.07, 6.45) is 2.76. The zero-order valence-corrected chi connectivity index (χ0v) is 5.99. The normalized spacial score (nSPS) is 28.3. The number of hydrogen-bond donors (Lipinski definition) is 1. The molecular formula is C7H13NO2. The molecule has 1 heterocycles. The molecule has 1 aliphatic heterocycles. The van der Waals surface area contributed by atoms with E-state index in [1.165, 1.54) is 5.06 Å². The maximum atomic E-state index is 9.03. The highest BCUT2D eigenvalue weighted by Crippen LogP contribution is 2.06. The van der Waals surface area contributed by atoms with E-state index in [1.54, 1.807) is 0 Å². The van der Waals surface area contributed by atoms with Crippen molar-refractivity contribution in [2.45, 2.75) is 12.5 Å². The fourth-order valence-corrected chi connectivity index (χ4v) is 1.03. The van der Waals surface area contributed by atoms with E-state index in [2.05, 4.69) is 6.58 Å². The van der Waals surface area contributed by atoms with Crippen LogP contribution in [-0.4, -0.2) is 36.1 Å². The van der Waals surface area contributed by atoms with Crippen molar-refractivity contribution in [2.24, 2.45) is 0 Å². The molecular weight excluding hydrogens is 130 g/mol. The van der Waals surface area contributed by atoms with Crippen LogP contribution in [0.3, 0.4) is 0 Å². The first-order valence-corrected chi connectivity index (χ1v) is 3.49. The van der Waals surface area contributed by atoms with Gasteiger partial charge in [0.05, 0.1) is 19.3 Å². The largest absolute Gasteiger partial charge is 0.375 e. The molecule has 1 N–H and O–H groups in total. The molecule has 3 heteroatoms. The van der Waals surface area contributed by atoms with E-state index in [1.807, 2.05) is 6.08 Å². The van der Waals surface area contributed by atoms with Gasteiger partial charge in [0.15, 0.2) is 0 Å². The summed E-state index contributed by atoms with van der Waals surface area (Å²) in [5.74, 6) is 0. The van der Waals surface area contributed by atoms with Crippen LogP contribution in [0.5, 0.6) is 0 Å². The second-order valence-corrected chi connectivity index (χ2v) is 2.43. The summed E-state index contributed by atoms with van der Waals surface area (Å²) in [7, 11) is 0. The highest BCUT2D eigenvalue weighted by atomic mass is 16.5. The molecule has 10 heavy (non-hydrogen) atoms. The van der Waals surface area contributed by atoms with Gasteiger partial charge in [0.1, 0.15) is 0 Å². The van der Waals surface area contributed by atoms with Gasteiger partial charge in [-0.3, -0.25) is 0 Å². The van der Waals surface area contributed by atoms with Gasteiger partial charge in [0, 0.05) is 6.54 Å². The summed E-state index contributed by atoms with van der Waals surface area (Å²) in [4.78, 5) is 0. The third kappa shape index (κ3) is 2.10. The SMILES string of the molecule is C=CCC1CN(O)CCO1. The van der Waals surface area contributed by atoms with Crippen LogP contribution in [0, 0.1) is 0 Å². The average Bonchev–Trinajstić information content (AvgIpc) is 1.88. The number of ether oxygens (including phenoxy) is 1. The van der Waals surface area contributed by atoms with E-state index in [0.29, 0.717) is 19.7 Å². The van der Waals surface area contributed by atoms with Crippen molar-refractivity contribution in [3.05, 3.63) is 12.7 Å². The Kier molecular flexibility index (Phi) is 2.86. The smallest absolute Gasteiger partial charge is 0.0760 e. The first-order chi connectivity index (χ1) is 4.83. The van der Waals surface area contributed by atoms with Crippen molar-refractivity contribution in [1.82, 2.24) is 5.06 Å². The molecule has 1 aliphatic rings. The molecule has 0 radical (unpaired) electrons. The van der Waals surface area contributed by atoms with Gasteiger partial charge in [0.25, 0.3) is 0 Å². The lowest BCUT2D eigenvalue weighted by Gasteiger charge is -2.27.